The zero-order chi connectivity index (χ0) is 14.0. The van der Waals surface area contributed by atoms with Crippen molar-refractivity contribution < 1.29 is 9.53 Å². The first-order chi connectivity index (χ1) is 8.36. The average Bonchev–Trinajstić information content (AvgIpc) is 2.38. The first-order valence-corrected chi connectivity index (χ1v) is 6.17. The number of methoxy groups -OCH3 is 1. The molecular weight excluding hydrogens is 296 g/mol. The highest BCUT2D eigenvalue weighted by atomic mass is 79.9. The van der Waals surface area contributed by atoms with Gasteiger partial charge >= 0.3 is 5.91 Å². The molecule has 0 unspecified atom stereocenters. The molecule has 0 saturated heterocycles. The van der Waals surface area contributed by atoms with E-state index in [1.165, 1.54) is 4.90 Å². The van der Waals surface area contributed by atoms with Crippen molar-refractivity contribution in [3.05, 3.63) is 21.2 Å². The molecule has 0 atom stereocenters. The number of carbonyl (C=O) groups excluding carboxylic acids is 1. The maximum atomic E-state index is 11.5. The van der Waals surface area contributed by atoms with Gasteiger partial charge in [0.25, 0.3) is 0 Å². The predicted molar refractivity (Wildman–Crippen MR) is 73.9 cm³/mol. The Morgan fingerprint density at radius 3 is 2.28 bits per heavy atom. The molecule has 0 saturated carbocycles. The number of nitriles is 1. The minimum atomic E-state index is -0.619. The molecule has 0 aliphatic carbocycles. The molecule has 0 aliphatic heterocycles. The van der Waals surface area contributed by atoms with E-state index in [0.29, 0.717) is 11.4 Å². The van der Waals surface area contributed by atoms with Gasteiger partial charge in [0.15, 0.2) is 6.07 Å². The number of amides is 1. The summed E-state index contributed by atoms with van der Waals surface area (Å²) in [6.07, 6.45) is 0. The van der Waals surface area contributed by atoms with Crippen molar-refractivity contribution in [1.82, 2.24) is 0 Å². The van der Waals surface area contributed by atoms with Crippen LogP contribution in [0.2, 0.25) is 0 Å². The van der Waals surface area contributed by atoms with Crippen molar-refractivity contribution in [3.63, 3.8) is 0 Å². The summed E-state index contributed by atoms with van der Waals surface area (Å²) in [6, 6.07) is 1.61. The molecule has 5 heteroatoms. The Bertz CT molecular complexity index is 547. The van der Waals surface area contributed by atoms with E-state index in [2.05, 4.69) is 15.9 Å². The van der Waals surface area contributed by atoms with E-state index < -0.39 is 5.91 Å². The van der Waals surface area contributed by atoms with Crippen LogP contribution in [0.4, 0.5) is 5.69 Å². The van der Waals surface area contributed by atoms with E-state index in [4.69, 9.17) is 10.00 Å². The predicted octanol–water partition coefficient (Wildman–Crippen LogP) is 2.87. The van der Waals surface area contributed by atoms with Gasteiger partial charge < -0.3 is 4.74 Å². The number of rotatable bonds is 2. The molecule has 1 amide bonds. The summed E-state index contributed by atoms with van der Waals surface area (Å²) >= 11 is 3.51. The van der Waals surface area contributed by atoms with Crippen LogP contribution in [0, 0.1) is 32.1 Å². The zero-order valence-corrected chi connectivity index (χ0v) is 12.7. The molecule has 0 radical (unpaired) electrons. The lowest BCUT2D eigenvalue weighted by Crippen LogP contribution is -2.26. The van der Waals surface area contributed by atoms with Crippen LogP contribution in [-0.2, 0) is 4.79 Å². The van der Waals surface area contributed by atoms with E-state index in [9.17, 15) is 4.79 Å². The normalized spacial score (nSPS) is 9.83. The highest BCUT2D eigenvalue weighted by Gasteiger charge is 2.22. The van der Waals surface area contributed by atoms with E-state index in [1.54, 1.807) is 20.2 Å². The molecule has 18 heavy (non-hydrogen) atoms. The molecule has 1 aromatic rings. The van der Waals surface area contributed by atoms with Gasteiger partial charge in [-0.3, -0.25) is 9.69 Å². The molecule has 0 aliphatic rings. The highest BCUT2D eigenvalue weighted by Crippen LogP contribution is 2.41. The van der Waals surface area contributed by atoms with E-state index in [0.717, 1.165) is 21.2 Å². The van der Waals surface area contributed by atoms with Crippen molar-refractivity contribution in [3.8, 4) is 11.8 Å². The van der Waals surface area contributed by atoms with Crippen molar-refractivity contribution in [2.45, 2.75) is 20.8 Å². The second kappa shape index (κ2) is 5.40. The Labute approximate surface area is 115 Å². The number of halogens is 1. The maximum absolute atomic E-state index is 11.5. The van der Waals surface area contributed by atoms with Crippen LogP contribution in [0.3, 0.4) is 0 Å². The lowest BCUT2D eigenvalue weighted by molar-refractivity contribution is -0.113. The number of ether oxygens (including phenoxy) is 1. The lowest BCUT2D eigenvalue weighted by atomic mass is 10.0. The van der Waals surface area contributed by atoms with Crippen LogP contribution in [0.15, 0.2) is 4.47 Å². The molecule has 0 fully saturated rings. The third kappa shape index (κ3) is 2.21. The van der Waals surface area contributed by atoms with Gasteiger partial charge in [-0.2, -0.15) is 5.26 Å². The number of carbonyl (C=O) groups is 1. The van der Waals surface area contributed by atoms with Crippen LogP contribution in [0.5, 0.6) is 5.75 Å². The van der Waals surface area contributed by atoms with Crippen molar-refractivity contribution in [2.75, 3.05) is 19.1 Å². The molecular formula is C13H15BrN2O2. The second-order valence-corrected chi connectivity index (χ2v) is 4.84. The Morgan fingerprint density at radius 2 is 1.83 bits per heavy atom. The Kier molecular flexibility index (Phi) is 4.36. The molecule has 1 aromatic carbocycles. The van der Waals surface area contributed by atoms with Crippen LogP contribution >= 0.6 is 15.9 Å². The minimum absolute atomic E-state index is 0.619. The van der Waals surface area contributed by atoms with Gasteiger partial charge in [-0.1, -0.05) is 15.9 Å². The summed E-state index contributed by atoms with van der Waals surface area (Å²) in [7, 11) is 3.13. The van der Waals surface area contributed by atoms with Gasteiger partial charge in [0.05, 0.1) is 12.8 Å². The summed E-state index contributed by atoms with van der Waals surface area (Å²) < 4.78 is 6.31. The minimum Gasteiger partial charge on any atom is -0.494 e. The molecule has 4 nitrogen and oxygen atoms in total. The SMILES string of the molecule is COc1c(C)c(C)c(Br)c(C)c1N(C)C(=O)C#N. The number of anilines is 1. The molecule has 0 bridgehead atoms. The van der Waals surface area contributed by atoms with Gasteiger partial charge in [-0.05, 0) is 37.5 Å². The molecule has 0 heterocycles. The summed E-state index contributed by atoms with van der Waals surface area (Å²) in [5.74, 6) is 0.00542. The molecule has 0 aromatic heterocycles. The van der Waals surface area contributed by atoms with Crippen LogP contribution in [0.1, 0.15) is 16.7 Å². The van der Waals surface area contributed by atoms with Crippen molar-refractivity contribution in [2.24, 2.45) is 0 Å². The smallest absolute Gasteiger partial charge is 0.329 e. The standard InChI is InChI=1S/C13H15BrN2O2/c1-7-8(2)13(18-5)12(9(3)11(7)14)16(4)10(17)6-15/h1-5H3. The molecule has 0 spiro atoms. The molecule has 0 N–H and O–H groups in total. The Morgan fingerprint density at radius 1 is 1.28 bits per heavy atom. The quantitative estimate of drug-likeness (QED) is 0.789. The van der Waals surface area contributed by atoms with Crippen molar-refractivity contribution >= 4 is 27.5 Å². The average molecular weight is 311 g/mol. The third-order valence-corrected chi connectivity index (χ3v) is 4.26. The second-order valence-electron chi connectivity index (χ2n) is 4.05. The van der Waals surface area contributed by atoms with Gasteiger partial charge in [-0.25, -0.2) is 0 Å². The van der Waals surface area contributed by atoms with E-state index in [-0.39, 0.29) is 0 Å². The lowest BCUT2D eigenvalue weighted by Gasteiger charge is -2.23. The number of nitrogens with zero attached hydrogens (tertiary/aromatic N) is 2. The first-order valence-electron chi connectivity index (χ1n) is 5.37. The topological polar surface area (TPSA) is 53.3 Å². The van der Waals surface area contributed by atoms with Crippen LogP contribution in [0.25, 0.3) is 0 Å². The summed E-state index contributed by atoms with van der Waals surface area (Å²) in [5.41, 5.74) is 3.51. The van der Waals surface area contributed by atoms with Gasteiger partial charge in [-0.15, -0.1) is 0 Å². The van der Waals surface area contributed by atoms with E-state index >= 15 is 0 Å². The Hall–Kier alpha value is -1.54. The summed E-state index contributed by atoms with van der Waals surface area (Å²) in [4.78, 5) is 12.8. The van der Waals surface area contributed by atoms with Crippen LogP contribution in [-0.4, -0.2) is 20.1 Å². The van der Waals surface area contributed by atoms with E-state index in [1.807, 2.05) is 20.8 Å². The maximum Gasteiger partial charge on any atom is 0.329 e. The largest absolute Gasteiger partial charge is 0.494 e. The summed E-state index contributed by atoms with van der Waals surface area (Å²) in [5, 5.41) is 8.72. The highest BCUT2D eigenvalue weighted by molar-refractivity contribution is 9.10. The first kappa shape index (κ1) is 14.5. The van der Waals surface area contributed by atoms with Gasteiger partial charge in [0.2, 0.25) is 0 Å². The van der Waals surface area contributed by atoms with Gasteiger partial charge in [0, 0.05) is 11.5 Å². The fourth-order valence-corrected chi connectivity index (χ4v) is 2.38. The molecule has 96 valence electrons. The fraction of sp³-hybridized carbons (Fsp3) is 0.385. The summed E-state index contributed by atoms with van der Waals surface area (Å²) in [6.45, 7) is 5.78. The van der Waals surface area contributed by atoms with Gasteiger partial charge in [0.1, 0.15) is 5.75 Å². The fourth-order valence-electron chi connectivity index (χ4n) is 1.90. The third-order valence-electron chi connectivity index (χ3n) is 3.07. The van der Waals surface area contributed by atoms with Crippen LogP contribution < -0.4 is 9.64 Å². The number of hydrogen-bond donors (Lipinski definition) is 0. The molecule has 1 rings (SSSR count). The monoisotopic (exact) mass is 310 g/mol. The van der Waals surface area contributed by atoms with Crippen molar-refractivity contribution in [1.29, 1.82) is 5.26 Å². The number of hydrogen-bond acceptors (Lipinski definition) is 3. The zero-order valence-electron chi connectivity index (χ0n) is 11.1. The Balaban J connectivity index is 3.63. The number of benzene rings is 1.